The van der Waals surface area contributed by atoms with Crippen molar-refractivity contribution >= 4 is 34.3 Å². The van der Waals surface area contributed by atoms with Gasteiger partial charge in [-0.3, -0.25) is 0 Å². The van der Waals surface area contributed by atoms with E-state index in [1.807, 2.05) is 23.5 Å². The smallest absolute Gasteiger partial charge is 0.0486 e. The Labute approximate surface area is 104 Å². The predicted molar refractivity (Wildman–Crippen MR) is 74.0 cm³/mol. The number of hydrogen-bond donors (Lipinski definition) is 0. The average molecular weight is 244 g/mol. The number of benzene rings is 2. The van der Waals surface area contributed by atoms with E-state index in [1.165, 1.54) is 30.4 Å². The first-order valence-corrected chi connectivity index (χ1v) is 6.94. The maximum absolute atomic E-state index is 2.24. The maximum atomic E-state index is 2.24. The summed E-state index contributed by atoms with van der Waals surface area (Å²) >= 11 is 3.82. The first-order chi connectivity index (χ1) is 7.75. The van der Waals surface area contributed by atoms with Crippen LogP contribution in [0.5, 0.6) is 0 Å². The van der Waals surface area contributed by atoms with Gasteiger partial charge in [0.25, 0.3) is 0 Å². The molecule has 0 atom stereocenters. The third-order valence-electron chi connectivity index (χ3n) is 2.65. The molecule has 2 aromatic rings. The molecule has 80 valence electrons. The van der Waals surface area contributed by atoms with Gasteiger partial charge in [-0.1, -0.05) is 59.4 Å². The number of rotatable bonds is 0. The van der Waals surface area contributed by atoms with Crippen molar-refractivity contribution < 1.29 is 0 Å². The van der Waals surface area contributed by atoms with Crippen LogP contribution in [0, 0.1) is 0 Å². The zero-order chi connectivity index (χ0) is 11.1. The molecule has 3 rings (SSSR count). The maximum Gasteiger partial charge on any atom is 0.0486 e. The summed E-state index contributed by atoms with van der Waals surface area (Å²) in [5.74, 6) is 0. The van der Waals surface area contributed by atoms with Gasteiger partial charge in [0, 0.05) is 14.0 Å². The average Bonchev–Trinajstić information content (AvgIpc) is 2.73. The Morgan fingerprint density at radius 3 is 2.56 bits per heavy atom. The third-order valence-corrected chi connectivity index (χ3v) is 5.67. The molecule has 1 aliphatic rings. The highest BCUT2D eigenvalue weighted by Crippen LogP contribution is 2.54. The van der Waals surface area contributed by atoms with Crippen LogP contribution >= 0.6 is 23.5 Å². The molecule has 0 amide bonds. The molecule has 0 bridgehead atoms. The zero-order valence-electron chi connectivity index (χ0n) is 9.28. The fourth-order valence-electron chi connectivity index (χ4n) is 1.83. The first-order valence-electron chi connectivity index (χ1n) is 5.30. The highest BCUT2D eigenvalue weighted by atomic mass is 32.2. The lowest BCUT2D eigenvalue weighted by Crippen LogP contribution is -1.76. The van der Waals surface area contributed by atoms with Gasteiger partial charge >= 0.3 is 0 Å². The fourth-order valence-corrected chi connectivity index (χ4v) is 4.36. The third kappa shape index (κ3) is 1.57. The van der Waals surface area contributed by atoms with Crippen LogP contribution < -0.4 is 0 Å². The standard InChI is InChI=1S/C14H12S2/c1-9(2)14-15-12-8-7-10-5-3-4-6-11(10)13(12)16-14/h3-8H,1-2H3. The summed E-state index contributed by atoms with van der Waals surface area (Å²) in [4.78, 5) is 2.83. The quantitative estimate of drug-likeness (QED) is 0.617. The second kappa shape index (κ2) is 3.86. The minimum absolute atomic E-state index is 1.34. The fraction of sp³-hybridized carbons (Fsp3) is 0.143. The molecule has 1 heterocycles. The van der Waals surface area contributed by atoms with Crippen molar-refractivity contribution in [3.8, 4) is 0 Å². The van der Waals surface area contributed by atoms with Crippen LogP contribution in [0.4, 0.5) is 0 Å². The molecule has 0 aromatic heterocycles. The molecule has 0 nitrogen and oxygen atoms in total. The van der Waals surface area contributed by atoms with Crippen molar-refractivity contribution in [3.63, 3.8) is 0 Å². The van der Waals surface area contributed by atoms with Gasteiger partial charge in [-0.25, -0.2) is 0 Å². The van der Waals surface area contributed by atoms with Gasteiger partial charge in [0.1, 0.15) is 0 Å². The predicted octanol–water partition coefficient (Wildman–Crippen LogP) is 5.29. The van der Waals surface area contributed by atoms with E-state index in [2.05, 4.69) is 50.2 Å². The zero-order valence-corrected chi connectivity index (χ0v) is 10.9. The lowest BCUT2D eigenvalue weighted by molar-refractivity contribution is 1.32. The van der Waals surface area contributed by atoms with Gasteiger partial charge in [0.05, 0.1) is 0 Å². The van der Waals surface area contributed by atoms with Gasteiger partial charge in [0.2, 0.25) is 0 Å². The van der Waals surface area contributed by atoms with Crippen LogP contribution in [-0.2, 0) is 0 Å². The lowest BCUT2D eigenvalue weighted by atomic mass is 10.1. The van der Waals surface area contributed by atoms with Crippen LogP contribution in [0.15, 0.2) is 56.0 Å². The Morgan fingerprint density at radius 1 is 0.938 bits per heavy atom. The van der Waals surface area contributed by atoms with Crippen LogP contribution in [0.2, 0.25) is 0 Å². The highest BCUT2D eigenvalue weighted by molar-refractivity contribution is 8.24. The van der Waals surface area contributed by atoms with Gasteiger partial charge in [-0.2, -0.15) is 0 Å². The number of fused-ring (bicyclic) bond motifs is 3. The SMILES string of the molecule is CC(C)=C1Sc2ccc3ccccc3c2S1. The number of allylic oxidation sites excluding steroid dienone is 1. The van der Waals surface area contributed by atoms with Crippen LogP contribution in [0.25, 0.3) is 10.8 Å². The van der Waals surface area contributed by atoms with Crippen LogP contribution in [0.1, 0.15) is 13.8 Å². The van der Waals surface area contributed by atoms with Crippen molar-refractivity contribution in [1.82, 2.24) is 0 Å². The van der Waals surface area contributed by atoms with Crippen molar-refractivity contribution in [3.05, 3.63) is 46.2 Å². The first kappa shape index (κ1) is 10.3. The molecule has 2 heteroatoms. The van der Waals surface area contributed by atoms with E-state index in [4.69, 9.17) is 0 Å². The molecule has 1 aliphatic heterocycles. The van der Waals surface area contributed by atoms with E-state index < -0.39 is 0 Å². The molecule has 0 unspecified atom stereocenters. The van der Waals surface area contributed by atoms with Crippen molar-refractivity contribution in [2.45, 2.75) is 23.6 Å². The van der Waals surface area contributed by atoms with Gasteiger partial charge in [-0.15, -0.1) is 0 Å². The van der Waals surface area contributed by atoms with E-state index in [0.717, 1.165) is 0 Å². The molecule has 2 aromatic carbocycles. The topological polar surface area (TPSA) is 0 Å². The summed E-state index contributed by atoms with van der Waals surface area (Å²) in [5.41, 5.74) is 1.41. The Morgan fingerprint density at radius 2 is 1.75 bits per heavy atom. The second-order valence-electron chi connectivity index (χ2n) is 4.11. The Kier molecular flexibility index (Phi) is 2.49. The normalized spacial score (nSPS) is 14.2. The van der Waals surface area contributed by atoms with Crippen LogP contribution in [-0.4, -0.2) is 0 Å². The minimum Gasteiger partial charge on any atom is -0.0816 e. The largest absolute Gasteiger partial charge is 0.0816 e. The Hall–Kier alpha value is -0.860. The molecule has 0 spiro atoms. The van der Waals surface area contributed by atoms with Crippen molar-refractivity contribution in [2.75, 3.05) is 0 Å². The lowest BCUT2D eigenvalue weighted by Gasteiger charge is -2.02. The molecule has 0 N–H and O–H groups in total. The summed E-state index contributed by atoms with van der Waals surface area (Å²) in [6.07, 6.45) is 0. The highest BCUT2D eigenvalue weighted by Gasteiger charge is 2.20. The summed E-state index contributed by atoms with van der Waals surface area (Å²) < 4.78 is 1.44. The summed E-state index contributed by atoms with van der Waals surface area (Å²) in [6.45, 7) is 4.37. The number of thioether (sulfide) groups is 2. The molecule has 0 fully saturated rings. The monoisotopic (exact) mass is 244 g/mol. The molecular weight excluding hydrogens is 232 g/mol. The molecule has 0 radical (unpaired) electrons. The molecule has 0 aliphatic carbocycles. The van der Waals surface area contributed by atoms with Gasteiger partial charge in [-0.05, 0) is 30.7 Å². The molecule has 16 heavy (non-hydrogen) atoms. The number of hydrogen-bond acceptors (Lipinski definition) is 2. The Balaban J connectivity index is 2.25. The minimum atomic E-state index is 1.34. The molecule has 0 saturated carbocycles. The summed E-state index contributed by atoms with van der Waals surface area (Å²) in [5, 5.41) is 2.72. The van der Waals surface area contributed by atoms with Crippen molar-refractivity contribution in [1.29, 1.82) is 0 Å². The van der Waals surface area contributed by atoms with E-state index in [1.54, 1.807) is 0 Å². The molecule has 0 saturated heterocycles. The van der Waals surface area contributed by atoms with Crippen molar-refractivity contribution in [2.24, 2.45) is 0 Å². The second-order valence-corrected chi connectivity index (χ2v) is 6.44. The van der Waals surface area contributed by atoms with E-state index in [-0.39, 0.29) is 0 Å². The molecular formula is C14H12S2. The summed E-state index contributed by atoms with van der Waals surface area (Å²) in [6, 6.07) is 13.1. The van der Waals surface area contributed by atoms with E-state index in [9.17, 15) is 0 Å². The van der Waals surface area contributed by atoms with E-state index >= 15 is 0 Å². The van der Waals surface area contributed by atoms with E-state index in [0.29, 0.717) is 0 Å². The summed E-state index contributed by atoms with van der Waals surface area (Å²) in [7, 11) is 0. The Bertz CT molecular complexity index is 593. The van der Waals surface area contributed by atoms with Crippen LogP contribution in [0.3, 0.4) is 0 Å². The van der Waals surface area contributed by atoms with Gasteiger partial charge in [0.15, 0.2) is 0 Å². The van der Waals surface area contributed by atoms with Gasteiger partial charge < -0.3 is 0 Å².